The van der Waals surface area contributed by atoms with E-state index in [9.17, 15) is 0 Å². The number of thiol groups is 1. The van der Waals surface area contributed by atoms with Crippen LogP contribution in [0.2, 0.25) is 0 Å². The molecule has 0 amide bonds. The molecule has 1 aliphatic carbocycles. The summed E-state index contributed by atoms with van der Waals surface area (Å²) >= 11 is 4.28. The second-order valence-electron chi connectivity index (χ2n) is 4.49. The molecular weight excluding hydrogens is 210 g/mol. The van der Waals surface area contributed by atoms with Crippen molar-refractivity contribution in [2.24, 2.45) is 0 Å². The van der Waals surface area contributed by atoms with Crippen LogP contribution in [-0.4, -0.2) is 18.4 Å². The predicted molar refractivity (Wildman–Crippen MR) is 59.2 cm³/mol. The van der Waals surface area contributed by atoms with Gasteiger partial charge in [-0.15, -0.1) is 0 Å². The first-order valence-corrected chi connectivity index (χ1v) is 6.15. The first-order valence-electron chi connectivity index (χ1n) is 5.52. The Morgan fingerprint density at radius 1 is 1.27 bits per heavy atom. The van der Waals surface area contributed by atoms with E-state index in [4.69, 9.17) is 9.26 Å². The highest BCUT2D eigenvalue weighted by Gasteiger charge is 2.44. The van der Waals surface area contributed by atoms with Crippen molar-refractivity contribution in [1.29, 1.82) is 0 Å². The molecule has 1 aliphatic heterocycles. The summed E-state index contributed by atoms with van der Waals surface area (Å²) in [5.74, 6) is 1.82. The van der Waals surface area contributed by atoms with Crippen molar-refractivity contribution in [3.63, 3.8) is 0 Å². The Kier molecular flexibility index (Phi) is 2.29. The lowest BCUT2D eigenvalue weighted by molar-refractivity contribution is 0.0408. The maximum Gasteiger partial charge on any atom is 0.146 e. The zero-order chi connectivity index (χ0) is 10.3. The molecule has 0 atom stereocenters. The van der Waals surface area contributed by atoms with Gasteiger partial charge >= 0.3 is 0 Å². The molecule has 15 heavy (non-hydrogen) atoms. The van der Waals surface area contributed by atoms with E-state index in [0.717, 1.165) is 43.9 Å². The molecule has 3 nitrogen and oxygen atoms in total. The van der Waals surface area contributed by atoms with Crippen LogP contribution in [0.25, 0.3) is 0 Å². The highest BCUT2D eigenvalue weighted by Crippen LogP contribution is 2.46. The van der Waals surface area contributed by atoms with Crippen LogP contribution in [0.3, 0.4) is 0 Å². The van der Waals surface area contributed by atoms with Crippen molar-refractivity contribution in [2.75, 3.05) is 13.2 Å². The molecule has 0 aromatic carbocycles. The summed E-state index contributed by atoms with van der Waals surface area (Å²) in [4.78, 5) is 0. The second-order valence-corrected chi connectivity index (χ2v) is 4.80. The number of hydrogen-bond acceptors (Lipinski definition) is 4. The Morgan fingerprint density at radius 3 is 2.80 bits per heavy atom. The summed E-state index contributed by atoms with van der Waals surface area (Å²) in [5, 5.41) is 4.11. The standard InChI is InChI=1S/C11H15NO2S/c15-7-9-8-1-2-11(10(8)14-12-9)3-5-13-6-4-11/h15H,1-7H2. The van der Waals surface area contributed by atoms with Crippen molar-refractivity contribution < 1.29 is 9.26 Å². The van der Waals surface area contributed by atoms with Gasteiger partial charge in [0.25, 0.3) is 0 Å². The van der Waals surface area contributed by atoms with Crippen molar-refractivity contribution in [2.45, 2.75) is 36.9 Å². The number of aromatic nitrogens is 1. The molecule has 0 bridgehead atoms. The molecule has 1 aromatic rings. The van der Waals surface area contributed by atoms with Gasteiger partial charge in [-0.3, -0.25) is 0 Å². The minimum absolute atomic E-state index is 0.238. The SMILES string of the molecule is SCc1noc2c1CCC21CCOCC1. The highest BCUT2D eigenvalue weighted by atomic mass is 32.1. The number of ether oxygens (including phenoxy) is 1. The number of nitrogens with zero attached hydrogens (tertiary/aromatic N) is 1. The van der Waals surface area contributed by atoms with Crippen LogP contribution in [0.4, 0.5) is 0 Å². The van der Waals surface area contributed by atoms with Gasteiger partial charge in [0, 0.05) is 29.9 Å². The minimum atomic E-state index is 0.238. The van der Waals surface area contributed by atoms with Crippen molar-refractivity contribution in [3.05, 3.63) is 17.0 Å². The zero-order valence-corrected chi connectivity index (χ0v) is 9.56. The average molecular weight is 225 g/mol. The number of rotatable bonds is 1. The van der Waals surface area contributed by atoms with Crippen LogP contribution >= 0.6 is 12.6 Å². The summed E-state index contributed by atoms with van der Waals surface area (Å²) < 4.78 is 11.0. The molecule has 4 heteroatoms. The molecule has 1 spiro atoms. The maximum atomic E-state index is 5.54. The van der Waals surface area contributed by atoms with Gasteiger partial charge in [0.2, 0.25) is 0 Å². The van der Waals surface area contributed by atoms with E-state index in [-0.39, 0.29) is 5.41 Å². The van der Waals surface area contributed by atoms with Crippen molar-refractivity contribution in [1.82, 2.24) is 5.16 Å². The molecule has 2 aliphatic rings. The van der Waals surface area contributed by atoms with Gasteiger partial charge < -0.3 is 9.26 Å². The van der Waals surface area contributed by atoms with Gasteiger partial charge in [-0.2, -0.15) is 12.6 Å². The Balaban J connectivity index is 1.99. The van der Waals surface area contributed by atoms with Crippen LogP contribution in [-0.2, 0) is 22.3 Å². The lowest BCUT2D eigenvalue weighted by atomic mass is 9.79. The number of hydrogen-bond donors (Lipinski definition) is 1. The lowest BCUT2D eigenvalue weighted by Crippen LogP contribution is -2.31. The van der Waals surface area contributed by atoms with E-state index in [2.05, 4.69) is 17.8 Å². The fraction of sp³-hybridized carbons (Fsp3) is 0.727. The maximum absolute atomic E-state index is 5.54. The summed E-state index contributed by atoms with van der Waals surface area (Å²) in [7, 11) is 0. The zero-order valence-electron chi connectivity index (χ0n) is 8.66. The molecule has 0 radical (unpaired) electrons. The smallest absolute Gasteiger partial charge is 0.146 e. The Bertz CT molecular complexity index is 369. The van der Waals surface area contributed by atoms with Crippen LogP contribution in [0, 0.1) is 0 Å². The largest absolute Gasteiger partial charge is 0.381 e. The van der Waals surface area contributed by atoms with Gasteiger partial charge in [0.1, 0.15) is 5.76 Å². The van der Waals surface area contributed by atoms with E-state index < -0.39 is 0 Å². The van der Waals surface area contributed by atoms with Gasteiger partial charge in [0.05, 0.1) is 5.69 Å². The molecule has 82 valence electrons. The second kappa shape index (κ2) is 3.52. The third-order valence-corrected chi connectivity index (χ3v) is 4.10. The van der Waals surface area contributed by atoms with Crippen LogP contribution in [0.15, 0.2) is 4.52 Å². The third kappa shape index (κ3) is 1.35. The number of fused-ring (bicyclic) bond motifs is 2. The van der Waals surface area contributed by atoms with E-state index >= 15 is 0 Å². The lowest BCUT2D eigenvalue weighted by Gasteiger charge is -2.31. The van der Waals surface area contributed by atoms with Crippen molar-refractivity contribution in [3.8, 4) is 0 Å². The topological polar surface area (TPSA) is 35.3 Å². The summed E-state index contributed by atoms with van der Waals surface area (Å²) in [6.07, 6.45) is 4.48. The Morgan fingerprint density at radius 2 is 2.07 bits per heavy atom. The molecule has 0 N–H and O–H groups in total. The van der Waals surface area contributed by atoms with Gasteiger partial charge in [-0.1, -0.05) is 5.16 Å². The Hall–Kier alpha value is -0.480. The first kappa shape index (κ1) is 9.73. The normalized spacial score (nSPS) is 23.3. The van der Waals surface area contributed by atoms with Gasteiger partial charge in [0.15, 0.2) is 0 Å². The third-order valence-electron chi connectivity index (χ3n) is 3.80. The predicted octanol–water partition coefficient (Wildman–Crippen LogP) is 2.10. The summed E-state index contributed by atoms with van der Waals surface area (Å²) in [6, 6.07) is 0. The molecule has 2 heterocycles. The van der Waals surface area contributed by atoms with Gasteiger partial charge in [-0.05, 0) is 25.7 Å². The monoisotopic (exact) mass is 225 g/mol. The molecule has 0 unspecified atom stereocenters. The van der Waals surface area contributed by atoms with Crippen LogP contribution < -0.4 is 0 Å². The summed E-state index contributed by atoms with van der Waals surface area (Å²) in [5.41, 5.74) is 2.60. The Labute approximate surface area is 94.6 Å². The fourth-order valence-electron chi connectivity index (χ4n) is 2.86. The first-order chi connectivity index (χ1) is 7.36. The molecule has 1 aromatic heterocycles. The van der Waals surface area contributed by atoms with Crippen molar-refractivity contribution >= 4 is 12.6 Å². The van der Waals surface area contributed by atoms with Crippen LogP contribution in [0.5, 0.6) is 0 Å². The van der Waals surface area contributed by atoms with E-state index in [1.165, 1.54) is 12.0 Å². The van der Waals surface area contributed by atoms with E-state index in [0.29, 0.717) is 5.75 Å². The quantitative estimate of drug-likeness (QED) is 0.743. The fourth-order valence-corrected chi connectivity index (χ4v) is 3.11. The van der Waals surface area contributed by atoms with E-state index in [1.807, 2.05) is 0 Å². The van der Waals surface area contributed by atoms with Gasteiger partial charge in [-0.25, -0.2) is 0 Å². The molecule has 3 rings (SSSR count). The highest BCUT2D eigenvalue weighted by molar-refractivity contribution is 7.79. The minimum Gasteiger partial charge on any atom is -0.381 e. The molecular formula is C11H15NO2S. The van der Waals surface area contributed by atoms with E-state index in [1.54, 1.807) is 0 Å². The summed E-state index contributed by atoms with van der Waals surface area (Å²) in [6.45, 7) is 1.71. The molecule has 0 saturated carbocycles. The molecule has 1 saturated heterocycles. The van der Waals surface area contributed by atoms with Crippen LogP contribution in [0.1, 0.15) is 36.3 Å². The average Bonchev–Trinajstić information content (AvgIpc) is 2.83. The molecule has 1 fully saturated rings.